The summed E-state index contributed by atoms with van der Waals surface area (Å²) in [5, 5.41) is 42.8. The first-order chi connectivity index (χ1) is 15.7. The minimum Gasteiger partial charge on any atom is -0.396 e. The fourth-order valence-electron chi connectivity index (χ4n) is 11.1. The smallest absolute Gasteiger partial charge is 0.0771 e. The Balaban J connectivity index is 1.43. The molecule has 0 amide bonds. The number of rotatable bonds is 5. The number of allylic oxidation sites excluding steroid dienone is 1. The van der Waals surface area contributed by atoms with Gasteiger partial charge in [-0.1, -0.05) is 39.8 Å². The van der Waals surface area contributed by atoms with Crippen LogP contribution in [-0.4, -0.2) is 44.8 Å². The van der Waals surface area contributed by atoms with E-state index in [9.17, 15) is 20.4 Å². The lowest BCUT2D eigenvalue weighted by atomic mass is 9.41. The molecule has 5 saturated carbocycles. The monoisotopic (exact) mass is 474 g/mol. The van der Waals surface area contributed by atoms with Gasteiger partial charge in [-0.15, -0.1) is 0 Å². The van der Waals surface area contributed by atoms with Crippen molar-refractivity contribution in [1.82, 2.24) is 0 Å². The normalized spacial score (nSPS) is 55.3. The highest BCUT2D eigenvalue weighted by Gasteiger charge is 2.84. The molecule has 0 aromatic carbocycles. The van der Waals surface area contributed by atoms with Gasteiger partial charge in [0, 0.05) is 17.3 Å². The quantitative estimate of drug-likeness (QED) is 0.419. The summed E-state index contributed by atoms with van der Waals surface area (Å²) in [6, 6.07) is 0. The summed E-state index contributed by atoms with van der Waals surface area (Å²) in [5.74, 6) is 2.13. The molecular weight excluding hydrogens is 424 g/mol. The van der Waals surface area contributed by atoms with Crippen LogP contribution in [0, 0.1) is 50.7 Å². The molecule has 0 heterocycles. The number of aliphatic hydroxyl groups is 4. The molecule has 2 spiro atoms. The highest BCUT2D eigenvalue weighted by Crippen LogP contribution is 2.89. The van der Waals surface area contributed by atoms with Crippen LogP contribution in [-0.2, 0) is 0 Å². The summed E-state index contributed by atoms with van der Waals surface area (Å²) in [6.07, 6.45) is 12.8. The molecule has 0 aromatic heterocycles. The van der Waals surface area contributed by atoms with E-state index in [2.05, 4.69) is 33.8 Å². The van der Waals surface area contributed by atoms with E-state index in [0.717, 1.165) is 19.3 Å². The molecule has 5 rings (SSSR count). The molecule has 11 unspecified atom stereocenters. The highest BCUT2D eigenvalue weighted by atomic mass is 16.3. The van der Waals surface area contributed by atoms with Crippen molar-refractivity contribution < 1.29 is 20.4 Å². The molecule has 11 atom stereocenters. The van der Waals surface area contributed by atoms with Crippen molar-refractivity contribution in [3.05, 3.63) is 12.2 Å². The molecule has 4 heteroatoms. The van der Waals surface area contributed by atoms with E-state index in [4.69, 9.17) is 0 Å². The highest BCUT2D eigenvalue weighted by molar-refractivity contribution is 5.33. The second-order valence-corrected chi connectivity index (χ2v) is 14.7. The SMILES string of the molecule is CC(CC=CC(C)(C)O)C1CCC2(C)C3CCC4C(C)(CO)C(O)CC(O)C45CC35CCC12C. The zero-order valence-electron chi connectivity index (χ0n) is 22.5. The van der Waals surface area contributed by atoms with Crippen molar-refractivity contribution in [2.75, 3.05) is 6.61 Å². The fraction of sp³-hybridized carbons (Fsp3) is 0.933. The Kier molecular flexibility index (Phi) is 5.61. The fourth-order valence-corrected chi connectivity index (χ4v) is 11.1. The Morgan fingerprint density at radius 3 is 2.26 bits per heavy atom. The van der Waals surface area contributed by atoms with Crippen LogP contribution < -0.4 is 0 Å². The van der Waals surface area contributed by atoms with Crippen LogP contribution in [0.15, 0.2) is 12.2 Å². The molecule has 0 saturated heterocycles. The largest absolute Gasteiger partial charge is 0.396 e. The number of fused-ring (bicyclic) bond motifs is 2. The lowest BCUT2D eigenvalue weighted by molar-refractivity contribution is -0.207. The second kappa shape index (κ2) is 7.55. The summed E-state index contributed by atoms with van der Waals surface area (Å²) in [4.78, 5) is 0. The van der Waals surface area contributed by atoms with Gasteiger partial charge in [-0.2, -0.15) is 0 Å². The van der Waals surface area contributed by atoms with Gasteiger partial charge in [0.1, 0.15) is 0 Å². The lowest BCUT2D eigenvalue weighted by Crippen LogP contribution is -2.62. The predicted molar refractivity (Wildman–Crippen MR) is 135 cm³/mol. The first kappa shape index (κ1) is 25.2. The molecular formula is C30H50O4. The summed E-state index contributed by atoms with van der Waals surface area (Å²) >= 11 is 0. The summed E-state index contributed by atoms with van der Waals surface area (Å²) in [5.41, 5.74) is -0.559. The Labute approximate surface area is 207 Å². The predicted octanol–water partition coefficient (Wildman–Crippen LogP) is 5.08. The van der Waals surface area contributed by atoms with Crippen molar-refractivity contribution in [1.29, 1.82) is 0 Å². The number of aliphatic hydroxyl groups excluding tert-OH is 3. The van der Waals surface area contributed by atoms with Crippen molar-refractivity contribution in [3.63, 3.8) is 0 Å². The van der Waals surface area contributed by atoms with E-state index in [0.29, 0.717) is 29.6 Å². The minimum atomic E-state index is -0.749. The van der Waals surface area contributed by atoms with Gasteiger partial charge < -0.3 is 20.4 Å². The van der Waals surface area contributed by atoms with Gasteiger partial charge in [-0.3, -0.25) is 0 Å². The Bertz CT molecular complexity index is 847. The second-order valence-electron chi connectivity index (χ2n) is 14.7. The van der Waals surface area contributed by atoms with E-state index in [1.165, 1.54) is 32.1 Å². The maximum absolute atomic E-state index is 11.5. The third kappa shape index (κ3) is 2.98. The van der Waals surface area contributed by atoms with Crippen LogP contribution in [0.2, 0.25) is 0 Å². The topological polar surface area (TPSA) is 80.9 Å². The molecule has 5 aliphatic carbocycles. The van der Waals surface area contributed by atoms with Gasteiger partial charge in [0.2, 0.25) is 0 Å². The van der Waals surface area contributed by atoms with Crippen LogP contribution in [0.3, 0.4) is 0 Å². The van der Waals surface area contributed by atoms with Crippen molar-refractivity contribution in [2.24, 2.45) is 50.7 Å². The molecule has 34 heavy (non-hydrogen) atoms. The molecule has 0 aromatic rings. The van der Waals surface area contributed by atoms with E-state index in [1.54, 1.807) is 0 Å². The molecule has 194 valence electrons. The zero-order chi connectivity index (χ0) is 24.9. The van der Waals surface area contributed by atoms with Gasteiger partial charge in [0.25, 0.3) is 0 Å². The number of hydrogen-bond donors (Lipinski definition) is 4. The maximum Gasteiger partial charge on any atom is 0.0771 e. The van der Waals surface area contributed by atoms with E-state index in [-0.39, 0.29) is 28.8 Å². The van der Waals surface area contributed by atoms with Gasteiger partial charge in [-0.25, -0.2) is 0 Å². The van der Waals surface area contributed by atoms with Gasteiger partial charge in [0.05, 0.1) is 24.4 Å². The van der Waals surface area contributed by atoms with Crippen molar-refractivity contribution in [3.8, 4) is 0 Å². The Hall–Kier alpha value is -0.420. The third-order valence-corrected chi connectivity index (χ3v) is 13.1. The Morgan fingerprint density at radius 1 is 0.941 bits per heavy atom. The summed E-state index contributed by atoms with van der Waals surface area (Å²) in [7, 11) is 0. The van der Waals surface area contributed by atoms with Gasteiger partial charge in [0.15, 0.2) is 0 Å². The molecule has 0 radical (unpaired) electrons. The van der Waals surface area contributed by atoms with Crippen molar-refractivity contribution >= 4 is 0 Å². The van der Waals surface area contributed by atoms with Crippen LogP contribution >= 0.6 is 0 Å². The molecule has 0 aliphatic heterocycles. The molecule has 5 aliphatic rings. The number of hydrogen-bond acceptors (Lipinski definition) is 4. The van der Waals surface area contributed by atoms with Gasteiger partial charge in [-0.05, 0) is 105 Å². The van der Waals surface area contributed by atoms with Crippen LogP contribution in [0.1, 0.15) is 99.3 Å². The first-order valence-electron chi connectivity index (χ1n) is 14.1. The molecule has 0 bridgehead atoms. The van der Waals surface area contributed by atoms with Crippen molar-refractivity contribution in [2.45, 2.75) is 117 Å². The van der Waals surface area contributed by atoms with E-state index >= 15 is 0 Å². The van der Waals surface area contributed by atoms with E-state index in [1.807, 2.05) is 19.9 Å². The average molecular weight is 475 g/mol. The average Bonchev–Trinajstić information content (AvgIpc) is 3.36. The first-order valence-corrected chi connectivity index (χ1v) is 14.1. The maximum atomic E-state index is 11.5. The molecule has 4 N–H and O–H groups in total. The van der Waals surface area contributed by atoms with Crippen LogP contribution in [0.4, 0.5) is 0 Å². The molecule has 5 fully saturated rings. The van der Waals surface area contributed by atoms with Gasteiger partial charge >= 0.3 is 0 Å². The minimum absolute atomic E-state index is 0.0147. The molecule has 4 nitrogen and oxygen atoms in total. The van der Waals surface area contributed by atoms with Crippen LogP contribution in [0.25, 0.3) is 0 Å². The summed E-state index contributed by atoms with van der Waals surface area (Å²) in [6.45, 7) is 13.3. The Morgan fingerprint density at radius 2 is 1.62 bits per heavy atom. The standard InChI is InChI=1S/C30H50O4/c1-19(8-7-12-25(2,3)34)20-11-13-28(6)22-10-9-21-26(4,18-31)23(32)16-24(33)30(21)17-29(22,30)15-14-27(20,28)5/h7,12,19-24,31-34H,8-11,13-18H2,1-6H3. The zero-order valence-corrected chi connectivity index (χ0v) is 22.5. The third-order valence-electron chi connectivity index (χ3n) is 13.1. The lowest BCUT2D eigenvalue weighted by Gasteiger charge is -2.64. The van der Waals surface area contributed by atoms with E-state index < -0.39 is 23.2 Å². The summed E-state index contributed by atoms with van der Waals surface area (Å²) < 4.78 is 0. The van der Waals surface area contributed by atoms with Crippen LogP contribution in [0.5, 0.6) is 0 Å².